The average molecular weight is 320 g/mol. The normalized spacial score (nSPS) is 18.1. The van der Waals surface area contributed by atoms with Crippen LogP contribution in [-0.2, 0) is 12.8 Å². The Kier molecular flexibility index (Phi) is 3.65. The number of hydrogen-bond acceptors (Lipinski definition) is 2. The van der Waals surface area contributed by atoms with Crippen molar-refractivity contribution >= 4 is 21.6 Å². The standard InChI is InChI=1S/C16H18BrNO/c1-2-11-10-12(17)6-7-14(11)18-15-4-3-5-16-13(15)8-9-19-16/h6-10,15,18H,2-5H2,1H3. The molecular formula is C16H18BrNO. The Hall–Kier alpha value is -1.22. The van der Waals surface area contributed by atoms with E-state index in [1.165, 1.54) is 29.7 Å². The van der Waals surface area contributed by atoms with Crippen molar-refractivity contribution in [3.63, 3.8) is 0 Å². The minimum absolute atomic E-state index is 0.383. The molecule has 2 aromatic rings. The van der Waals surface area contributed by atoms with Gasteiger partial charge in [0, 0.05) is 22.1 Å². The second-order valence-corrected chi connectivity index (χ2v) is 5.96. The number of nitrogens with one attached hydrogen (secondary N) is 1. The van der Waals surface area contributed by atoms with Gasteiger partial charge in [0.05, 0.1) is 12.3 Å². The van der Waals surface area contributed by atoms with Crippen LogP contribution in [0, 0.1) is 0 Å². The first kappa shape index (κ1) is 12.8. The Morgan fingerprint density at radius 1 is 1.37 bits per heavy atom. The fraction of sp³-hybridized carbons (Fsp3) is 0.375. The molecule has 1 aromatic carbocycles. The van der Waals surface area contributed by atoms with Crippen molar-refractivity contribution in [2.45, 2.75) is 38.6 Å². The van der Waals surface area contributed by atoms with E-state index in [0.29, 0.717) is 6.04 Å². The Labute approximate surface area is 122 Å². The molecule has 3 rings (SSSR count). The van der Waals surface area contributed by atoms with E-state index in [4.69, 9.17) is 4.42 Å². The van der Waals surface area contributed by atoms with Gasteiger partial charge >= 0.3 is 0 Å². The average Bonchev–Trinajstić information content (AvgIpc) is 2.90. The van der Waals surface area contributed by atoms with Crippen molar-refractivity contribution in [2.75, 3.05) is 5.32 Å². The monoisotopic (exact) mass is 319 g/mol. The van der Waals surface area contributed by atoms with Crippen molar-refractivity contribution in [1.82, 2.24) is 0 Å². The zero-order valence-electron chi connectivity index (χ0n) is 11.1. The highest BCUT2D eigenvalue weighted by molar-refractivity contribution is 9.10. The van der Waals surface area contributed by atoms with E-state index >= 15 is 0 Å². The summed E-state index contributed by atoms with van der Waals surface area (Å²) in [5.41, 5.74) is 3.92. The quantitative estimate of drug-likeness (QED) is 0.852. The molecular weight excluding hydrogens is 302 g/mol. The van der Waals surface area contributed by atoms with E-state index in [2.05, 4.69) is 52.4 Å². The summed E-state index contributed by atoms with van der Waals surface area (Å²) in [7, 11) is 0. The Morgan fingerprint density at radius 2 is 2.26 bits per heavy atom. The van der Waals surface area contributed by atoms with Gasteiger partial charge in [0.2, 0.25) is 0 Å². The number of hydrogen-bond donors (Lipinski definition) is 1. The van der Waals surface area contributed by atoms with Crippen molar-refractivity contribution in [3.8, 4) is 0 Å². The molecule has 1 aliphatic carbocycles. The molecule has 0 amide bonds. The molecule has 1 aromatic heterocycles. The summed E-state index contributed by atoms with van der Waals surface area (Å²) >= 11 is 3.54. The van der Waals surface area contributed by atoms with E-state index < -0.39 is 0 Å². The van der Waals surface area contributed by atoms with Crippen LogP contribution in [0.25, 0.3) is 0 Å². The molecule has 0 radical (unpaired) electrons. The maximum atomic E-state index is 5.55. The number of fused-ring (bicyclic) bond motifs is 1. The highest BCUT2D eigenvalue weighted by atomic mass is 79.9. The summed E-state index contributed by atoms with van der Waals surface area (Å²) in [6.07, 6.45) is 6.28. The first-order valence-electron chi connectivity index (χ1n) is 6.89. The summed E-state index contributed by atoms with van der Waals surface area (Å²) in [5.74, 6) is 1.15. The Balaban J connectivity index is 1.87. The molecule has 1 heterocycles. The van der Waals surface area contributed by atoms with E-state index in [1.807, 2.05) is 6.26 Å². The second-order valence-electron chi connectivity index (χ2n) is 5.04. The van der Waals surface area contributed by atoms with Crippen LogP contribution in [0.15, 0.2) is 39.4 Å². The molecule has 0 aliphatic heterocycles. The van der Waals surface area contributed by atoms with E-state index in [1.54, 1.807) is 0 Å². The minimum Gasteiger partial charge on any atom is -0.469 e. The van der Waals surface area contributed by atoms with Crippen LogP contribution in [0.5, 0.6) is 0 Å². The zero-order chi connectivity index (χ0) is 13.2. The third-order valence-corrected chi connectivity index (χ3v) is 4.32. The molecule has 0 saturated carbocycles. The number of rotatable bonds is 3. The van der Waals surface area contributed by atoms with Gasteiger partial charge in [-0.25, -0.2) is 0 Å². The molecule has 0 saturated heterocycles. The van der Waals surface area contributed by atoms with Crippen molar-refractivity contribution in [2.24, 2.45) is 0 Å². The minimum atomic E-state index is 0.383. The van der Waals surface area contributed by atoms with Crippen molar-refractivity contribution in [1.29, 1.82) is 0 Å². The van der Waals surface area contributed by atoms with Gasteiger partial charge in [0.1, 0.15) is 5.76 Å². The van der Waals surface area contributed by atoms with Crippen LogP contribution in [0.3, 0.4) is 0 Å². The predicted molar refractivity (Wildman–Crippen MR) is 81.5 cm³/mol. The maximum absolute atomic E-state index is 5.55. The smallest absolute Gasteiger partial charge is 0.109 e. The molecule has 1 atom stereocenters. The third kappa shape index (κ3) is 2.57. The topological polar surface area (TPSA) is 25.2 Å². The van der Waals surface area contributed by atoms with Gasteiger partial charge in [-0.1, -0.05) is 22.9 Å². The van der Waals surface area contributed by atoms with Gasteiger partial charge in [-0.2, -0.15) is 0 Å². The molecule has 2 nitrogen and oxygen atoms in total. The third-order valence-electron chi connectivity index (χ3n) is 3.83. The summed E-state index contributed by atoms with van der Waals surface area (Å²) in [6.45, 7) is 2.19. The first-order valence-corrected chi connectivity index (χ1v) is 7.68. The Bertz CT molecular complexity index is 576. The molecule has 1 aliphatic rings. The van der Waals surface area contributed by atoms with Crippen LogP contribution >= 0.6 is 15.9 Å². The lowest BCUT2D eigenvalue weighted by molar-refractivity contribution is 0.461. The molecule has 100 valence electrons. The number of benzene rings is 1. The van der Waals surface area contributed by atoms with Crippen LogP contribution in [0.2, 0.25) is 0 Å². The van der Waals surface area contributed by atoms with E-state index in [9.17, 15) is 0 Å². The second kappa shape index (κ2) is 5.41. The molecule has 3 heteroatoms. The molecule has 19 heavy (non-hydrogen) atoms. The fourth-order valence-corrected chi connectivity index (χ4v) is 3.23. The van der Waals surface area contributed by atoms with Crippen LogP contribution < -0.4 is 5.32 Å². The van der Waals surface area contributed by atoms with Gasteiger partial charge in [-0.15, -0.1) is 0 Å². The number of furan rings is 1. The first-order chi connectivity index (χ1) is 9.28. The van der Waals surface area contributed by atoms with Gasteiger partial charge in [-0.3, -0.25) is 0 Å². The summed E-state index contributed by atoms with van der Waals surface area (Å²) in [5, 5.41) is 3.69. The highest BCUT2D eigenvalue weighted by Crippen LogP contribution is 2.34. The highest BCUT2D eigenvalue weighted by Gasteiger charge is 2.22. The van der Waals surface area contributed by atoms with Crippen LogP contribution in [-0.4, -0.2) is 0 Å². The van der Waals surface area contributed by atoms with Crippen LogP contribution in [0.1, 0.15) is 42.7 Å². The molecule has 0 bridgehead atoms. The summed E-state index contributed by atoms with van der Waals surface area (Å²) in [4.78, 5) is 0. The van der Waals surface area contributed by atoms with E-state index in [0.717, 1.165) is 23.1 Å². The summed E-state index contributed by atoms with van der Waals surface area (Å²) < 4.78 is 6.69. The van der Waals surface area contributed by atoms with Gasteiger partial charge in [0.15, 0.2) is 0 Å². The van der Waals surface area contributed by atoms with Crippen molar-refractivity contribution < 1.29 is 4.42 Å². The number of anilines is 1. The predicted octanol–water partition coefficient (Wildman–Crippen LogP) is 5.09. The lowest BCUT2D eigenvalue weighted by Crippen LogP contribution is -2.16. The molecule has 1 N–H and O–H groups in total. The fourth-order valence-electron chi connectivity index (χ4n) is 2.82. The lowest BCUT2D eigenvalue weighted by atomic mass is 9.93. The molecule has 1 unspecified atom stereocenters. The van der Waals surface area contributed by atoms with Gasteiger partial charge in [-0.05, 0) is 49.1 Å². The maximum Gasteiger partial charge on any atom is 0.109 e. The largest absolute Gasteiger partial charge is 0.469 e. The number of halogens is 1. The van der Waals surface area contributed by atoms with Gasteiger partial charge < -0.3 is 9.73 Å². The van der Waals surface area contributed by atoms with E-state index in [-0.39, 0.29) is 0 Å². The number of aryl methyl sites for hydroxylation is 2. The lowest BCUT2D eigenvalue weighted by Gasteiger charge is -2.25. The molecule has 0 spiro atoms. The Morgan fingerprint density at radius 3 is 3.11 bits per heavy atom. The van der Waals surface area contributed by atoms with Gasteiger partial charge in [0.25, 0.3) is 0 Å². The SMILES string of the molecule is CCc1cc(Br)ccc1NC1CCCc2occc21. The summed E-state index contributed by atoms with van der Waals surface area (Å²) in [6, 6.07) is 8.95. The van der Waals surface area contributed by atoms with Crippen LogP contribution in [0.4, 0.5) is 5.69 Å². The zero-order valence-corrected chi connectivity index (χ0v) is 12.7. The molecule has 0 fully saturated rings. The van der Waals surface area contributed by atoms with Crippen molar-refractivity contribution in [3.05, 3.63) is 51.9 Å².